The van der Waals surface area contributed by atoms with E-state index >= 15 is 0 Å². The third kappa shape index (κ3) is 11.2. The maximum absolute atomic E-state index is 10.4. The number of carbonyl (C=O) groups is 1. The molecule has 1 heteroatoms. The van der Waals surface area contributed by atoms with E-state index in [1.807, 2.05) is 13.8 Å². The lowest BCUT2D eigenvalue weighted by atomic mass is 10.2. The van der Waals surface area contributed by atoms with Crippen molar-refractivity contribution in [2.75, 3.05) is 0 Å². The van der Waals surface area contributed by atoms with Crippen LogP contribution in [0.3, 0.4) is 0 Å². The molecule has 0 N–H and O–H groups in total. The Labute approximate surface area is 57.8 Å². The minimum absolute atomic E-state index is 0.377. The Morgan fingerprint density at radius 1 is 1.33 bits per heavy atom. The van der Waals surface area contributed by atoms with Gasteiger partial charge in [-0.1, -0.05) is 13.8 Å². The van der Waals surface area contributed by atoms with Crippen molar-refractivity contribution in [3.05, 3.63) is 13.2 Å². The Bertz CT molecular complexity index is 67.0. The molecule has 0 aromatic heterocycles. The molecular weight excluding hydrogens is 112 g/mol. The largest absolute Gasteiger partial charge is 0.300 e. The van der Waals surface area contributed by atoms with E-state index in [9.17, 15) is 4.79 Å². The molecule has 0 fully saturated rings. The molecule has 0 aliphatic rings. The molecule has 0 saturated heterocycles. The number of ketones is 1. The van der Waals surface area contributed by atoms with E-state index in [4.69, 9.17) is 0 Å². The first-order valence-corrected chi connectivity index (χ1v) is 3.33. The Balaban J connectivity index is 0. The van der Waals surface area contributed by atoms with Gasteiger partial charge in [0.15, 0.2) is 0 Å². The van der Waals surface area contributed by atoms with Crippen LogP contribution in [0.15, 0.2) is 13.2 Å². The number of carbonyl (C=O) groups excluding carboxylic acids is 1. The van der Waals surface area contributed by atoms with Crippen LogP contribution < -0.4 is 0 Å². The third-order valence-electron chi connectivity index (χ3n) is 0.923. The zero-order chi connectivity index (χ0) is 7.70. The zero-order valence-electron chi connectivity index (χ0n) is 6.44. The molecule has 0 aliphatic carbocycles. The van der Waals surface area contributed by atoms with Crippen molar-refractivity contribution in [2.24, 2.45) is 0 Å². The monoisotopic (exact) mass is 128 g/mol. The van der Waals surface area contributed by atoms with Crippen LogP contribution in [0.4, 0.5) is 0 Å². The second-order valence-electron chi connectivity index (χ2n) is 1.64. The Hall–Kier alpha value is -0.590. The summed E-state index contributed by atoms with van der Waals surface area (Å²) in [5, 5.41) is 0. The van der Waals surface area contributed by atoms with E-state index in [0.717, 1.165) is 12.8 Å². The van der Waals surface area contributed by atoms with Crippen LogP contribution in [0.2, 0.25) is 0 Å². The molecule has 0 atom stereocenters. The number of hydrogen-bond donors (Lipinski definition) is 0. The van der Waals surface area contributed by atoms with E-state index in [-0.39, 0.29) is 0 Å². The van der Waals surface area contributed by atoms with Gasteiger partial charge in [0.2, 0.25) is 0 Å². The van der Waals surface area contributed by atoms with Gasteiger partial charge < -0.3 is 0 Å². The molecule has 0 heterocycles. The molecule has 0 radical (unpaired) electrons. The predicted molar refractivity (Wildman–Crippen MR) is 41.5 cm³/mol. The smallest absolute Gasteiger partial charge is 0.132 e. The van der Waals surface area contributed by atoms with Crippen molar-refractivity contribution >= 4 is 5.78 Å². The van der Waals surface area contributed by atoms with Gasteiger partial charge in [0.1, 0.15) is 5.78 Å². The van der Waals surface area contributed by atoms with Crippen LogP contribution in [0, 0.1) is 0 Å². The van der Waals surface area contributed by atoms with Gasteiger partial charge in [-0.3, -0.25) is 4.79 Å². The highest BCUT2D eigenvalue weighted by atomic mass is 16.1. The highest BCUT2D eigenvalue weighted by Crippen LogP contribution is 1.90. The quantitative estimate of drug-likeness (QED) is 0.534. The van der Waals surface area contributed by atoms with Gasteiger partial charge in [0.25, 0.3) is 0 Å². The van der Waals surface area contributed by atoms with E-state index in [1.165, 1.54) is 0 Å². The molecule has 0 amide bonds. The van der Waals surface area contributed by atoms with Gasteiger partial charge in [-0.2, -0.15) is 0 Å². The molecule has 0 aliphatic heterocycles. The fraction of sp³-hybridized carbons (Fsp3) is 0.625. The predicted octanol–water partition coefficient (Wildman–Crippen LogP) is 2.57. The first-order valence-electron chi connectivity index (χ1n) is 3.33. The normalized spacial score (nSPS) is 7.33. The summed E-state index contributed by atoms with van der Waals surface area (Å²) in [5.41, 5.74) is 0. The lowest BCUT2D eigenvalue weighted by Crippen LogP contribution is -1.91. The van der Waals surface area contributed by atoms with Gasteiger partial charge in [-0.25, -0.2) is 0 Å². The first kappa shape index (κ1) is 11.2. The molecule has 1 nitrogen and oxygen atoms in total. The average molecular weight is 128 g/mol. The fourth-order valence-electron chi connectivity index (χ4n) is 0.456. The van der Waals surface area contributed by atoms with Crippen LogP contribution >= 0.6 is 0 Å². The highest BCUT2D eigenvalue weighted by Gasteiger charge is 1.91. The van der Waals surface area contributed by atoms with Crippen LogP contribution in [-0.2, 0) is 4.79 Å². The standard InChI is InChI=1S/C6H12O.C2H4/c1-3-5-6(7)4-2;1-2/h3-5H2,1-2H3;1-2H2. The van der Waals surface area contributed by atoms with Crippen molar-refractivity contribution < 1.29 is 4.79 Å². The Morgan fingerprint density at radius 2 is 1.78 bits per heavy atom. The van der Waals surface area contributed by atoms with Crippen molar-refractivity contribution in [1.29, 1.82) is 0 Å². The second kappa shape index (κ2) is 10.4. The summed E-state index contributed by atoms with van der Waals surface area (Å²) in [6, 6.07) is 0. The lowest BCUT2D eigenvalue weighted by Gasteiger charge is -1.87. The van der Waals surface area contributed by atoms with Gasteiger partial charge in [-0.05, 0) is 6.42 Å². The topological polar surface area (TPSA) is 17.1 Å². The number of hydrogen-bond acceptors (Lipinski definition) is 1. The number of Topliss-reactive ketones (excluding diaryl/α,β-unsaturated/α-hetero) is 1. The van der Waals surface area contributed by atoms with Crippen molar-refractivity contribution in [1.82, 2.24) is 0 Å². The molecule has 0 bridgehead atoms. The summed E-state index contributed by atoms with van der Waals surface area (Å²) in [4.78, 5) is 10.4. The minimum Gasteiger partial charge on any atom is -0.300 e. The SMILES string of the molecule is C=C.CCCC(=O)CC. The van der Waals surface area contributed by atoms with Crippen LogP contribution in [-0.4, -0.2) is 5.78 Å². The minimum atomic E-state index is 0.377. The van der Waals surface area contributed by atoms with Gasteiger partial charge in [0.05, 0.1) is 0 Å². The van der Waals surface area contributed by atoms with Crippen LogP contribution in [0.25, 0.3) is 0 Å². The summed E-state index contributed by atoms with van der Waals surface area (Å²) in [7, 11) is 0. The molecule has 0 saturated carbocycles. The van der Waals surface area contributed by atoms with Gasteiger partial charge in [0, 0.05) is 12.8 Å². The van der Waals surface area contributed by atoms with Gasteiger partial charge >= 0.3 is 0 Å². The van der Waals surface area contributed by atoms with E-state index in [2.05, 4.69) is 13.2 Å². The summed E-state index contributed by atoms with van der Waals surface area (Å²) >= 11 is 0. The molecule has 0 spiro atoms. The maximum Gasteiger partial charge on any atom is 0.132 e. The van der Waals surface area contributed by atoms with Crippen molar-refractivity contribution in [3.63, 3.8) is 0 Å². The van der Waals surface area contributed by atoms with Crippen molar-refractivity contribution in [3.8, 4) is 0 Å². The Morgan fingerprint density at radius 3 is 1.89 bits per heavy atom. The average Bonchev–Trinajstić information content (AvgIpc) is 1.93. The van der Waals surface area contributed by atoms with E-state index in [1.54, 1.807) is 0 Å². The zero-order valence-corrected chi connectivity index (χ0v) is 6.44. The first-order chi connectivity index (χ1) is 4.31. The van der Waals surface area contributed by atoms with E-state index < -0.39 is 0 Å². The van der Waals surface area contributed by atoms with E-state index in [0.29, 0.717) is 12.2 Å². The summed E-state index contributed by atoms with van der Waals surface area (Å²) in [6.45, 7) is 9.92. The van der Waals surface area contributed by atoms with Gasteiger partial charge in [-0.15, -0.1) is 13.2 Å². The molecule has 9 heavy (non-hydrogen) atoms. The lowest BCUT2D eigenvalue weighted by molar-refractivity contribution is -0.118. The van der Waals surface area contributed by atoms with Crippen molar-refractivity contribution in [2.45, 2.75) is 33.1 Å². The third-order valence-corrected chi connectivity index (χ3v) is 0.923. The molecule has 0 unspecified atom stereocenters. The second-order valence-corrected chi connectivity index (χ2v) is 1.64. The highest BCUT2D eigenvalue weighted by molar-refractivity contribution is 5.77. The molecule has 0 aromatic rings. The summed E-state index contributed by atoms with van der Waals surface area (Å²) in [6.07, 6.45) is 2.46. The molecule has 54 valence electrons. The number of rotatable bonds is 3. The van der Waals surface area contributed by atoms with Crippen LogP contribution in [0.5, 0.6) is 0 Å². The van der Waals surface area contributed by atoms with Crippen LogP contribution in [0.1, 0.15) is 33.1 Å². The molecule has 0 rings (SSSR count). The molecular formula is C8H16O. The molecule has 0 aromatic carbocycles. The summed E-state index contributed by atoms with van der Waals surface area (Å²) < 4.78 is 0. The maximum atomic E-state index is 10.4. The summed E-state index contributed by atoms with van der Waals surface area (Å²) in [5.74, 6) is 0.377. The fourth-order valence-corrected chi connectivity index (χ4v) is 0.456. The Kier molecular flexibility index (Phi) is 13.0.